The Morgan fingerprint density at radius 1 is 1.33 bits per heavy atom. The molecule has 1 N–H and O–H groups in total. The van der Waals surface area contributed by atoms with E-state index in [4.69, 9.17) is 0 Å². The van der Waals surface area contributed by atoms with Gasteiger partial charge in [0, 0.05) is 5.54 Å². The summed E-state index contributed by atoms with van der Waals surface area (Å²) in [6.45, 7) is 6.08. The molecule has 0 bridgehead atoms. The number of hydrogen-bond donors (Lipinski definition) is 1. The van der Waals surface area contributed by atoms with Crippen molar-refractivity contribution in [3.63, 3.8) is 0 Å². The van der Waals surface area contributed by atoms with E-state index in [9.17, 15) is 5.11 Å². The van der Waals surface area contributed by atoms with E-state index < -0.39 is 0 Å². The summed E-state index contributed by atoms with van der Waals surface area (Å²) in [5.74, 6) is 0. The van der Waals surface area contributed by atoms with Crippen LogP contribution in [0.15, 0.2) is 0 Å². The highest BCUT2D eigenvalue weighted by molar-refractivity contribution is 4.77. The van der Waals surface area contributed by atoms with Gasteiger partial charge in [0.2, 0.25) is 0 Å². The van der Waals surface area contributed by atoms with E-state index in [1.54, 1.807) is 0 Å². The molecule has 0 aromatic carbocycles. The van der Waals surface area contributed by atoms with Crippen molar-refractivity contribution in [2.75, 3.05) is 6.73 Å². The molecule has 0 unspecified atom stereocenters. The molecular weight excluding hydrogens is 114 g/mol. The zero-order valence-electron chi connectivity index (χ0n) is 6.53. The van der Waals surface area contributed by atoms with Crippen molar-refractivity contribution in [3.8, 4) is 0 Å². The lowest BCUT2D eigenvalue weighted by Gasteiger charge is -2.26. The quantitative estimate of drug-likeness (QED) is 0.575. The van der Waals surface area contributed by atoms with Gasteiger partial charge < -0.3 is 0 Å². The van der Waals surface area contributed by atoms with Gasteiger partial charge in [0.1, 0.15) is 6.73 Å². The Hall–Kier alpha value is -0.0800. The first-order valence-electron chi connectivity index (χ1n) is 3.51. The molecule has 0 amide bonds. The fourth-order valence-electron chi connectivity index (χ4n) is 0.674. The summed E-state index contributed by atoms with van der Waals surface area (Å²) in [5, 5.41) is 13.1. The average molecular weight is 130 g/mol. The van der Waals surface area contributed by atoms with Crippen LogP contribution >= 0.6 is 0 Å². The molecule has 1 radical (unpaired) electrons. The second kappa shape index (κ2) is 3.85. The van der Waals surface area contributed by atoms with Gasteiger partial charge in [-0.05, 0) is 19.8 Å². The monoisotopic (exact) mass is 130 g/mol. The molecule has 0 saturated carbocycles. The van der Waals surface area contributed by atoms with Crippen molar-refractivity contribution >= 4 is 0 Å². The van der Waals surface area contributed by atoms with Crippen LogP contribution < -0.4 is 5.32 Å². The molecule has 0 aliphatic carbocycles. The van der Waals surface area contributed by atoms with Crippen molar-refractivity contribution in [2.45, 2.75) is 39.2 Å². The van der Waals surface area contributed by atoms with Gasteiger partial charge in [0.05, 0.1) is 0 Å². The minimum absolute atomic E-state index is 0.0712. The van der Waals surface area contributed by atoms with Gasteiger partial charge >= 0.3 is 0 Å². The van der Waals surface area contributed by atoms with Crippen LogP contribution in [0.5, 0.6) is 0 Å². The Balaban J connectivity index is 3.62. The summed E-state index contributed by atoms with van der Waals surface area (Å²) >= 11 is 0. The maximum Gasteiger partial charge on any atom is 0.133 e. The number of rotatable bonds is 4. The van der Waals surface area contributed by atoms with Gasteiger partial charge in [0.25, 0.3) is 0 Å². The molecule has 9 heavy (non-hydrogen) atoms. The molecule has 0 saturated heterocycles. The molecule has 0 fully saturated rings. The lowest BCUT2D eigenvalue weighted by molar-refractivity contribution is 0.127. The van der Waals surface area contributed by atoms with Crippen LogP contribution in [-0.4, -0.2) is 12.3 Å². The van der Waals surface area contributed by atoms with Gasteiger partial charge in [-0.3, -0.25) is 5.32 Å². The van der Waals surface area contributed by atoms with E-state index in [1.165, 1.54) is 0 Å². The van der Waals surface area contributed by atoms with E-state index in [-0.39, 0.29) is 12.3 Å². The van der Waals surface area contributed by atoms with Crippen LogP contribution in [0.25, 0.3) is 0 Å². The van der Waals surface area contributed by atoms with Crippen LogP contribution in [0.2, 0.25) is 0 Å². The summed E-state index contributed by atoms with van der Waals surface area (Å²) < 4.78 is 0. The van der Waals surface area contributed by atoms with Crippen molar-refractivity contribution in [2.24, 2.45) is 0 Å². The predicted molar refractivity (Wildman–Crippen MR) is 37.7 cm³/mol. The minimum atomic E-state index is -0.168. The van der Waals surface area contributed by atoms with Gasteiger partial charge in [-0.15, -0.1) is 0 Å². The first-order valence-corrected chi connectivity index (χ1v) is 3.51. The number of hydrogen-bond acceptors (Lipinski definition) is 1. The van der Waals surface area contributed by atoms with Gasteiger partial charge in [-0.2, -0.15) is 0 Å². The third-order valence-corrected chi connectivity index (χ3v) is 2.06. The summed E-state index contributed by atoms with van der Waals surface area (Å²) in [4.78, 5) is 0. The maximum atomic E-state index is 10.2. The molecule has 55 valence electrons. The second-order valence-electron chi connectivity index (χ2n) is 2.59. The molecule has 0 heterocycles. The Labute approximate surface area is 57.3 Å². The smallest absolute Gasteiger partial charge is 0.133 e. The lowest BCUT2D eigenvalue weighted by Crippen LogP contribution is -2.41. The van der Waals surface area contributed by atoms with Crippen LogP contribution in [0.1, 0.15) is 33.6 Å². The minimum Gasteiger partial charge on any atom is -0.287 e. The Kier molecular flexibility index (Phi) is 3.82. The predicted octanol–water partition coefficient (Wildman–Crippen LogP) is 1.54. The Morgan fingerprint density at radius 3 is 1.89 bits per heavy atom. The fraction of sp³-hybridized carbons (Fsp3) is 1.00. The zero-order chi connectivity index (χ0) is 7.33. The van der Waals surface area contributed by atoms with E-state index in [2.05, 4.69) is 26.1 Å². The number of nitrogens with one attached hydrogen (secondary N) is 1. The fourth-order valence-corrected chi connectivity index (χ4v) is 0.674. The van der Waals surface area contributed by atoms with Gasteiger partial charge in [-0.25, -0.2) is 5.11 Å². The Morgan fingerprint density at radius 2 is 1.78 bits per heavy atom. The summed E-state index contributed by atoms with van der Waals surface area (Å²) in [6.07, 6.45) is 2.04. The largest absolute Gasteiger partial charge is 0.287 e. The molecule has 0 aromatic heterocycles. The molecule has 0 atom stereocenters. The van der Waals surface area contributed by atoms with Crippen molar-refractivity contribution < 1.29 is 5.11 Å². The highest BCUT2D eigenvalue weighted by atomic mass is 16.3. The van der Waals surface area contributed by atoms with Gasteiger partial charge in [-0.1, -0.05) is 13.8 Å². The van der Waals surface area contributed by atoms with E-state index in [0.717, 1.165) is 12.8 Å². The summed E-state index contributed by atoms with van der Waals surface area (Å²) in [7, 11) is 0. The van der Waals surface area contributed by atoms with E-state index >= 15 is 0 Å². The third kappa shape index (κ3) is 2.82. The zero-order valence-corrected chi connectivity index (χ0v) is 6.53. The SMILES string of the molecule is CCC(C)(CC)NC[O]. The second-order valence-corrected chi connectivity index (χ2v) is 2.59. The average Bonchev–Trinajstić information content (AvgIpc) is 1.89. The van der Waals surface area contributed by atoms with E-state index in [0.29, 0.717) is 0 Å². The van der Waals surface area contributed by atoms with Crippen molar-refractivity contribution in [1.29, 1.82) is 0 Å². The lowest BCUT2D eigenvalue weighted by atomic mass is 9.96. The topological polar surface area (TPSA) is 31.9 Å². The summed E-state index contributed by atoms with van der Waals surface area (Å²) in [6, 6.07) is 0. The Bertz CT molecular complexity index is 69.3. The molecule has 0 spiro atoms. The van der Waals surface area contributed by atoms with Crippen LogP contribution in [0, 0.1) is 0 Å². The van der Waals surface area contributed by atoms with Crippen LogP contribution in [0.4, 0.5) is 0 Å². The standard InChI is InChI=1S/C7H16NO/c1-4-7(3,5-2)8-6-9/h8H,4-6H2,1-3H3. The first-order chi connectivity index (χ1) is 4.18. The molecule has 0 rings (SSSR count). The maximum absolute atomic E-state index is 10.2. The first kappa shape index (κ1) is 8.92. The molecule has 2 heteroatoms. The van der Waals surface area contributed by atoms with Crippen molar-refractivity contribution in [3.05, 3.63) is 0 Å². The normalized spacial score (nSPS) is 12.0. The molecule has 0 aromatic rings. The molecular formula is C7H16NO. The van der Waals surface area contributed by atoms with Crippen molar-refractivity contribution in [1.82, 2.24) is 5.32 Å². The van der Waals surface area contributed by atoms with Crippen LogP contribution in [-0.2, 0) is 5.11 Å². The van der Waals surface area contributed by atoms with Gasteiger partial charge in [0.15, 0.2) is 0 Å². The third-order valence-electron chi connectivity index (χ3n) is 2.06. The van der Waals surface area contributed by atoms with Crippen LogP contribution in [0.3, 0.4) is 0 Å². The highest BCUT2D eigenvalue weighted by Crippen LogP contribution is 2.12. The highest BCUT2D eigenvalue weighted by Gasteiger charge is 2.16. The van der Waals surface area contributed by atoms with E-state index in [1.807, 2.05) is 0 Å². The summed E-state index contributed by atoms with van der Waals surface area (Å²) in [5.41, 5.74) is 0.0712. The molecule has 0 aliphatic heterocycles. The molecule has 2 nitrogen and oxygen atoms in total. The molecule has 0 aliphatic rings.